The molecule has 2 heterocycles. The van der Waals surface area contributed by atoms with Gasteiger partial charge in [0.15, 0.2) is 12.3 Å². The molecule has 6 nitrogen and oxygen atoms in total. The minimum Gasteiger partial charge on any atom is -0.463 e. The Hall–Kier alpha value is -2.60. The number of carbonyl (C=O) groups is 2. The van der Waals surface area contributed by atoms with Crippen molar-refractivity contribution < 1.29 is 19.3 Å². The van der Waals surface area contributed by atoms with Crippen molar-refractivity contribution in [2.45, 2.75) is 13.0 Å². The molecule has 1 aromatic heterocycles. The Morgan fingerprint density at radius 2 is 2.18 bits per heavy atom. The molecule has 0 bridgehead atoms. The minimum absolute atomic E-state index is 0.0489. The zero-order valence-corrected chi connectivity index (χ0v) is 12.3. The van der Waals surface area contributed by atoms with Gasteiger partial charge in [0, 0.05) is 0 Å². The van der Waals surface area contributed by atoms with Gasteiger partial charge in [-0.2, -0.15) is 0 Å². The van der Waals surface area contributed by atoms with E-state index in [0.717, 1.165) is 11.4 Å². The first-order valence-electron chi connectivity index (χ1n) is 7.21. The van der Waals surface area contributed by atoms with Crippen LogP contribution in [0, 0.1) is 0 Å². The number of rotatable bonds is 4. The predicted molar refractivity (Wildman–Crippen MR) is 81.3 cm³/mol. The number of benzene rings is 1. The molecule has 22 heavy (non-hydrogen) atoms. The predicted octanol–water partition coefficient (Wildman–Crippen LogP) is 0.889. The summed E-state index contributed by atoms with van der Waals surface area (Å²) in [4.78, 5) is 25.7. The molecule has 0 aliphatic carbocycles. The van der Waals surface area contributed by atoms with Crippen molar-refractivity contribution in [1.82, 2.24) is 0 Å². The van der Waals surface area contributed by atoms with Gasteiger partial charge in [-0.1, -0.05) is 12.1 Å². The molecule has 0 unspecified atom stereocenters. The number of nitrogens with zero attached hydrogens (tertiary/aromatic N) is 1. The highest BCUT2D eigenvalue weighted by Gasteiger charge is 2.27. The third-order valence-corrected chi connectivity index (χ3v) is 3.71. The Kier molecular flexibility index (Phi) is 3.93. The van der Waals surface area contributed by atoms with Crippen LogP contribution in [0.3, 0.4) is 0 Å². The second kappa shape index (κ2) is 6.03. The van der Waals surface area contributed by atoms with E-state index in [2.05, 4.69) is 5.32 Å². The first-order valence-corrected chi connectivity index (χ1v) is 7.21. The van der Waals surface area contributed by atoms with Crippen LogP contribution in [-0.2, 0) is 9.59 Å². The molecule has 1 aromatic carbocycles. The molecule has 1 aliphatic rings. The van der Waals surface area contributed by atoms with Crippen LogP contribution < -0.4 is 15.5 Å². The van der Waals surface area contributed by atoms with E-state index in [1.807, 2.05) is 42.6 Å². The highest BCUT2D eigenvalue weighted by molar-refractivity contribution is 6.10. The zero-order chi connectivity index (χ0) is 15.5. The number of carbonyl (C=O) groups excluding carboxylic acids is 2. The molecular formula is C16H18N3O3+. The first-order chi connectivity index (χ1) is 10.6. The molecule has 0 saturated carbocycles. The zero-order valence-electron chi connectivity index (χ0n) is 12.3. The van der Waals surface area contributed by atoms with Crippen molar-refractivity contribution in [3.63, 3.8) is 0 Å². The average Bonchev–Trinajstić information content (AvgIpc) is 3.06. The summed E-state index contributed by atoms with van der Waals surface area (Å²) in [6.45, 7) is 2.28. The van der Waals surface area contributed by atoms with E-state index in [4.69, 9.17) is 4.42 Å². The first kappa shape index (κ1) is 14.3. The second-order valence-electron chi connectivity index (χ2n) is 5.29. The maximum atomic E-state index is 12.5. The minimum atomic E-state index is -0.175. The molecule has 1 aliphatic heterocycles. The molecule has 0 fully saturated rings. The van der Waals surface area contributed by atoms with Crippen LogP contribution in [0.15, 0.2) is 47.1 Å². The van der Waals surface area contributed by atoms with Crippen LogP contribution in [0.5, 0.6) is 0 Å². The Labute approximate surface area is 128 Å². The summed E-state index contributed by atoms with van der Waals surface area (Å²) < 4.78 is 5.33. The lowest BCUT2D eigenvalue weighted by Crippen LogP contribution is -2.87. The molecule has 0 spiro atoms. The summed E-state index contributed by atoms with van der Waals surface area (Å²) in [5, 5.41) is 4.67. The Morgan fingerprint density at radius 3 is 2.95 bits per heavy atom. The van der Waals surface area contributed by atoms with Gasteiger partial charge in [-0.05, 0) is 31.2 Å². The van der Waals surface area contributed by atoms with Crippen LogP contribution in [0.4, 0.5) is 11.4 Å². The normalized spacial score (nSPS) is 15.1. The fourth-order valence-corrected chi connectivity index (χ4v) is 2.51. The van der Waals surface area contributed by atoms with Crippen molar-refractivity contribution in [3.8, 4) is 0 Å². The highest BCUT2D eigenvalue weighted by atomic mass is 16.3. The summed E-state index contributed by atoms with van der Waals surface area (Å²) in [7, 11) is 0. The maximum absolute atomic E-state index is 12.5. The number of anilines is 2. The molecule has 1 atom stereocenters. The number of nitrogens with two attached hydrogens (primary N) is 1. The summed E-state index contributed by atoms with van der Waals surface area (Å²) in [6.07, 6.45) is 1.62. The van der Waals surface area contributed by atoms with Crippen LogP contribution in [-0.4, -0.2) is 24.9 Å². The van der Waals surface area contributed by atoms with Gasteiger partial charge in [0.25, 0.3) is 5.91 Å². The van der Waals surface area contributed by atoms with Crippen molar-refractivity contribution in [2.24, 2.45) is 0 Å². The van der Waals surface area contributed by atoms with Crippen molar-refractivity contribution in [1.29, 1.82) is 0 Å². The Balaban J connectivity index is 1.69. The molecular weight excluding hydrogens is 282 g/mol. The van der Waals surface area contributed by atoms with E-state index < -0.39 is 0 Å². The topological polar surface area (TPSA) is 79.2 Å². The van der Waals surface area contributed by atoms with Gasteiger partial charge in [0.1, 0.15) is 12.6 Å². The van der Waals surface area contributed by atoms with E-state index in [1.54, 1.807) is 12.3 Å². The van der Waals surface area contributed by atoms with E-state index in [0.29, 0.717) is 5.69 Å². The summed E-state index contributed by atoms with van der Waals surface area (Å²) in [6, 6.07) is 11.1. The number of fused-ring (bicyclic) bond motifs is 1. The van der Waals surface area contributed by atoms with Crippen molar-refractivity contribution in [2.75, 3.05) is 23.3 Å². The molecule has 0 radical (unpaired) electrons. The third kappa shape index (κ3) is 2.87. The maximum Gasteiger partial charge on any atom is 0.282 e. The fourth-order valence-electron chi connectivity index (χ4n) is 2.51. The number of para-hydroxylation sites is 2. The second-order valence-corrected chi connectivity index (χ2v) is 5.29. The smallest absolute Gasteiger partial charge is 0.282 e. The molecule has 2 amide bonds. The van der Waals surface area contributed by atoms with E-state index in [9.17, 15) is 9.59 Å². The van der Waals surface area contributed by atoms with Gasteiger partial charge in [-0.25, -0.2) is 0 Å². The van der Waals surface area contributed by atoms with Crippen molar-refractivity contribution in [3.05, 3.63) is 48.4 Å². The fraction of sp³-hybridized carbons (Fsp3) is 0.250. The number of amides is 2. The van der Waals surface area contributed by atoms with Gasteiger partial charge < -0.3 is 15.1 Å². The molecule has 3 N–H and O–H groups in total. The van der Waals surface area contributed by atoms with Gasteiger partial charge in [0.2, 0.25) is 5.91 Å². The SMILES string of the molecule is C[C@H]([NH2+]CC(=O)N1CC(=O)Nc2ccccc21)c1ccco1. The van der Waals surface area contributed by atoms with Gasteiger partial charge in [-0.3, -0.25) is 14.5 Å². The lowest BCUT2D eigenvalue weighted by Gasteiger charge is -2.28. The molecule has 0 saturated heterocycles. The average molecular weight is 300 g/mol. The number of nitrogens with one attached hydrogen (secondary N) is 1. The quantitative estimate of drug-likeness (QED) is 0.880. The Bertz CT molecular complexity index is 682. The third-order valence-electron chi connectivity index (χ3n) is 3.71. The summed E-state index contributed by atoms with van der Waals surface area (Å²) >= 11 is 0. The highest BCUT2D eigenvalue weighted by Crippen LogP contribution is 2.28. The van der Waals surface area contributed by atoms with Crippen molar-refractivity contribution >= 4 is 23.2 Å². The van der Waals surface area contributed by atoms with Gasteiger partial charge >= 0.3 is 0 Å². The van der Waals surface area contributed by atoms with Crippen LogP contribution in [0.2, 0.25) is 0 Å². The molecule has 3 rings (SSSR count). The number of hydrogen-bond acceptors (Lipinski definition) is 3. The van der Waals surface area contributed by atoms with Crippen LogP contribution >= 0.6 is 0 Å². The van der Waals surface area contributed by atoms with E-state index >= 15 is 0 Å². The lowest BCUT2D eigenvalue weighted by atomic mass is 10.2. The van der Waals surface area contributed by atoms with E-state index in [1.165, 1.54) is 4.90 Å². The standard InChI is InChI=1S/C16H17N3O3/c1-11(14-7-4-8-22-14)17-9-16(21)19-10-15(20)18-12-5-2-3-6-13(12)19/h2-8,11,17H,9-10H2,1H3,(H,18,20)/p+1/t11-/m0/s1. The van der Waals surface area contributed by atoms with Gasteiger partial charge in [0.05, 0.1) is 17.6 Å². The Morgan fingerprint density at radius 1 is 1.36 bits per heavy atom. The monoisotopic (exact) mass is 300 g/mol. The van der Waals surface area contributed by atoms with Crippen LogP contribution in [0.1, 0.15) is 18.7 Å². The number of hydrogen-bond donors (Lipinski definition) is 2. The van der Waals surface area contributed by atoms with Crippen LogP contribution in [0.25, 0.3) is 0 Å². The van der Waals surface area contributed by atoms with E-state index in [-0.39, 0.29) is 30.9 Å². The molecule has 114 valence electrons. The lowest BCUT2D eigenvalue weighted by molar-refractivity contribution is -0.684. The largest absolute Gasteiger partial charge is 0.463 e. The number of furan rings is 1. The number of quaternary nitrogens is 1. The molecule has 2 aromatic rings. The summed E-state index contributed by atoms with van der Waals surface area (Å²) in [5.41, 5.74) is 1.41. The molecule has 6 heteroatoms. The van der Waals surface area contributed by atoms with Gasteiger partial charge in [-0.15, -0.1) is 0 Å². The summed E-state index contributed by atoms with van der Waals surface area (Å²) in [5.74, 6) is 0.552.